The quantitative estimate of drug-likeness (QED) is 0.848. The lowest BCUT2D eigenvalue weighted by Gasteiger charge is -2.05. The summed E-state index contributed by atoms with van der Waals surface area (Å²) in [5, 5.41) is 8.81. The highest BCUT2D eigenvalue weighted by atomic mass is 16.2. The molecule has 1 heteroatoms. The first-order valence-corrected chi connectivity index (χ1v) is 6.25. The smallest absolute Gasteiger partial charge is 0.0465 e. The fraction of sp³-hybridized carbons (Fsp3) is 0.176. The summed E-state index contributed by atoms with van der Waals surface area (Å²) in [6, 6.07) is 18.9. The second-order valence-corrected chi connectivity index (χ2v) is 4.34. The normalized spacial score (nSPS) is 11.6. The molecule has 0 unspecified atom stereocenters. The number of rotatable bonds is 4. The van der Waals surface area contributed by atoms with Gasteiger partial charge < -0.3 is 5.11 Å². The minimum absolute atomic E-state index is 0.208. The maximum Gasteiger partial charge on any atom is 0.0465 e. The van der Waals surface area contributed by atoms with Gasteiger partial charge in [0, 0.05) is 6.61 Å². The molecule has 0 aromatic heterocycles. The number of hydrogen-bond acceptors (Lipinski definition) is 1. The van der Waals surface area contributed by atoms with Crippen LogP contribution in [-0.2, 0) is 0 Å². The molecule has 0 bridgehead atoms. The van der Waals surface area contributed by atoms with E-state index in [0.29, 0.717) is 6.42 Å². The van der Waals surface area contributed by atoms with E-state index in [4.69, 9.17) is 5.11 Å². The van der Waals surface area contributed by atoms with Crippen LogP contribution in [0.15, 0.2) is 60.7 Å². The number of hydrogen-bond donors (Lipinski definition) is 1. The highest BCUT2D eigenvalue weighted by molar-refractivity contribution is 5.69. The lowest BCUT2D eigenvalue weighted by atomic mass is 10.0. The minimum atomic E-state index is 0.208. The van der Waals surface area contributed by atoms with E-state index in [1.807, 2.05) is 6.07 Å². The molecule has 18 heavy (non-hydrogen) atoms. The van der Waals surface area contributed by atoms with Crippen LogP contribution in [0.2, 0.25) is 0 Å². The lowest BCUT2D eigenvalue weighted by Crippen LogP contribution is -1.83. The van der Waals surface area contributed by atoms with Crippen LogP contribution in [0.1, 0.15) is 18.9 Å². The van der Waals surface area contributed by atoms with Gasteiger partial charge in [-0.3, -0.25) is 0 Å². The van der Waals surface area contributed by atoms with Crippen molar-refractivity contribution in [2.45, 2.75) is 13.3 Å². The van der Waals surface area contributed by atoms with Crippen molar-refractivity contribution in [1.29, 1.82) is 0 Å². The summed E-state index contributed by atoms with van der Waals surface area (Å²) in [5.41, 5.74) is 4.89. The molecule has 0 saturated carbocycles. The summed E-state index contributed by atoms with van der Waals surface area (Å²) in [6.45, 7) is 2.28. The van der Waals surface area contributed by atoms with E-state index in [1.54, 1.807) is 0 Å². The Kier molecular flexibility index (Phi) is 4.32. The van der Waals surface area contributed by atoms with Gasteiger partial charge >= 0.3 is 0 Å². The molecule has 1 N–H and O–H groups in total. The standard InChI is InChI=1S/C17H18O/c1-14(6-5-13-18)15-9-11-17(12-10-15)16-7-3-2-4-8-16/h2-4,6-12,18H,5,13H2,1H3/b14-6+. The molecule has 92 valence electrons. The van der Waals surface area contributed by atoms with Crippen LogP contribution in [-0.4, -0.2) is 11.7 Å². The van der Waals surface area contributed by atoms with Gasteiger partial charge in [-0.2, -0.15) is 0 Å². The van der Waals surface area contributed by atoms with Crippen LogP contribution in [0.25, 0.3) is 16.7 Å². The number of aliphatic hydroxyl groups excluding tert-OH is 1. The molecule has 0 aliphatic carbocycles. The van der Waals surface area contributed by atoms with Gasteiger partial charge in [-0.15, -0.1) is 0 Å². The van der Waals surface area contributed by atoms with Crippen molar-refractivity contribution >= 4 is 5.57 Å². The Morgan fingerprint density at radius 1 is 0.944 bits per heavy atom. The summed E-state index contributed by atoms with van der Waals surface area (Å²) in [6.07, 6.45) is 2.78. The van der Waals surface area contributed by atoms with Gasteiger partial charge in [0.25, 0.3) is 0 Å². The molecule has 0 saturated heterocycles. The van der Waals surface area contributed by atoms with Crippen molar-refractivity contribution in [1.82, 2.24) is 0 Å². The molecule has 0 atom stereocenters. The van der Waals surface area contributed by atoms with Gasteiger partial charge in [0.2, 0.25) is 0 Å². The van der Waals surface area contributed by atoms with Crippen molar-refractivity contribution in [3.63, 3.8) is 0 Å². The van der Waals surface area contributed by atoms with Gasteiger partial charge in [-0.25, -0.2) is 0 Å². The first-order valence-electron chi connectivity index (χ1n) is 6.25. The fourth-order valence-corrected chi connectivity index (χ4v) is 1.96. The Bertz CT molecular complexity index is 509. The molecule has 2 aromatic rings. The van der Waals surface area contributed by atoms with Crippen LogP contribution < -0.4 is 0 Å². The van der Waals surface area contributed by atoms with E-state index in [2.05, 4.69) is 61.5 Å². The van der Waals surface area contributed by atoms with Crippen molar-refractivity contribution < 1.29 is 5.11 Å². The Hall–Kier alpha value is -1.86. The zero-order valence-electron chi connectivity index (χ0n) is 10.6. The van der Waals surface area contributed by atoms with E-state index in [9.17, 15) is 0 Å². The maximum absolute atomic E-state index is 8.81. The van der Waals surface area contributed by atoms with Gasteiger partial charge in [0.1, 0.15) is 0 Å². The predicted molar refractivity (Wildman–Crippen MR) is 77.2 cm³/mol. The molecule has 0 amide bonds. The lowest BCUT2D eigenvalue weighted by molar-refractivity contribution is 0.303. The molecule has 0 aliphatic heterocycles. The molecular weight excluding hydrogens is 220 g/mol. The molecule has 0 heterocycles. The molecule has 0 aliphatic rings. The number of benzene rings is 2. The molecule has 2 rings (SSSR count). The zero-order valence-corrected chi connectivity index (χ0v) is 10.6. The van der Waals surface area contributed by atoms with Crippen LogP contribution in [0.4, 0.5) is 0 Å². The van der Waals surface area contributed by atoms with Crippen LogP contribution in [0, 0.1) is 0 Å². The Morgan fingerprint density at radius 2 is 1.56 bits per heavy atom. The highest BCUT2D eigenvalue weighted by Crippen LogP contribution is 2.22. The third-order valence-electron chi connectivity index (χ3n) is 3.03. The molecule has 0 fully saturated rings. The van der Waals surface area contributed by atoms with Gasteiger partial charge in [0.05, 0.1) is 0 Å². The van der Waals surface area contributed by atoms with Gasteiger partial charge in [0.15, 0.2) is 0 Å². The monoisotopic (exact) mass is 238 g/mol. The Balaban J connectivity index is 2.20. The second kappa shape index (κ2) is 6.18. The van der Waals surface area contributed by atoms with E-state index in [1.165, 1.54) is 22.3 Å². The van der Waals surface area contributed by atoms with Crippen molar-refractivity contribution in [3.8, 4) is 11.1 Å². The third-order valence-corrected chi connectivity index (χ3v) is 3.03. The molecule has 1 nitrogen and oxygen atoms in total. The third kappa shape index (κ3) is 3.08. The van der Waals surface area contributed by atoms with Gasteiger partial charge in [-0.05, 0) is 35.6 Å². The van der Waals surface area contributed by atoms with E-state index < -0.39 is 0 Å². The fourth-order valence-electron chi connectivity index (χ4n) is 1.96. The Labute approximate surface area is 108 Å². The van der Waals surface area contributed by atoms with Crippen molar-refractivity contribution in [2.75, 3.05) is 6.61 Å². The van der Waals surface area contributed by atoms with Crippen LogP contribution >= 0.6 is 0 Å². The van der Waals surface area contributed by atoms with Crippen molar-refractivity contribution in [3.05, 3.63) is 66.2 Å². The second-order valence-electron chi connectivity index (χ2n) is 4.34. The average Bonchev–Trinajstić information content (AvgIpc) is 2.46. The summed E-state index contributed by atoms with van der Waals surface area (Å²) >= 11 is 0. The first-order chi connectivity index (χ1) is 8.81. The molecule has 2 aromatic carbocycles. The molecule has 0 radical (unpaired) electrons. The topological polar surface area (TPSA) is 20.2 Å². The summed E-state index contributed by atoms with van der Waals surface area (Å²) < 4.78 is 0. The molecule has 0 spiro atoms. The number of allylic oxidation sites excluding steroid dienone is 1. The minimum Gasteiger partial charge on any atom is -0.396 e. The summed E-state index contributed by atoms with van der Waals surface area (Å²) in [7, 11) is 0. The molecular formula is C17H18O. The average molecular weight is 238 g/mol. The largest absolute Gasteiger partial charge is 0.396 e. The van der Waals surface area contributed by atoms with E-state index >= 15 is 0 Å². The zero-order chi connectivity index (χ0) is 12.8. The van der Waals surface area contributed by atoms with Crippen molar-refractivity contribution in [2.24, 2.45) is 0 Å². The first kappa shape index (κ1) is 12.6. The maximum atomic E-state index is 8.81. The SMILES string of the molecule is C/C(=C\CCO)c1ccc(-c2ccccc2)cc1. The number of aliphatic hydroxyl groups is 1. The van der Waals surface area contributed by atoms with Crippen LogP contribution in [0.3, 0.4) is 0 Å². The summed E-state index contributed by atoms with van der Waals surface area (Å²) in [5.74, 6) is 0. The predicted octanol–water partition coefficient (Wildman–Crippen LogP) is 4.14. The van der Waals surface area contributed by atoms with Gasteiger partial charge in [-0.1, -0.05) is 60.7 Å². The summed E-state index contributed by atoms with van der Waals surface area (Å²) in [4.78, 5) is 0. The van der Waals surface area contributed by atoms with Crippen LogP contribution in [0.5, 0.6) is 0 Å². The Morgan fingerprint density at radius 3 is 2.17 bits per heavy atom. The van der Waals surface area contributed by atoms with E-state index in [0.717, 1.165) is 0 Å². The highest BCUT2D eigenvalue weighted by Gasteiger charge is 1.98. The van der Waals surface area contributed by atoms with E-state index in [-0.39, 0.29) is 6.61 Å².